The quantitative estimate of drug-likeness (QED) is 0.0903. The number of hydrogen-bond donors (Lipinski definition) is 6. The van der Waals surface area contributed by atoms with Gasteiger partial charge in [0.25, 0.3) is 0 Å². The van der Waals surface area contributed by atoms with Crippen molar-refractivity contribution >= 4 is 52.8 Å². The van der Waals surface area contributed by atoms with Crippen molar-refractivity contribution in [3.63, 3.8) is 0 Å². The molecular formula is C36H41N5O9. The lowest BCUT2D eigenvalue weighted by molar-refractivity contribution is -0.148. The van der Waals surface area contributed by atoms with Crippen molar-refractivity contribution in [1.29, 1.82) is 0 Å². The lowest BCUT2D eigenvalue weighted by atomic mass is 9.99. The highest BCUT2D eigenvalue weighted by molar-refractivity contribution is 6.39. The highest BCUT2D eigenvalue weighted by Crippen LogP contribution is 2.33. The van der Waals surface area contributed by atoms with Gasteiger partial charge in [0, 0.05) is 32.7 Å². The monoisotopic (exact) mass is 687 g/mol. The Hall–Kier alpha value is -6.05. The molecule has 0 fully saturated rings. The smallest absolute Gasteiger partial charge is 0.395 e. The van der Waals surface area contributed by atoms with Gasteiger partial charge in [-0.05, 0) is 54.2 Å². The van der Waals surface area contributed by atoms with Crippen LogP contribution in [0.2, 0.25) is 0 Å². The van der Waals surface area contributed by atoms with Gasteiger partial charge in [-0.25, -0.2) is 9.59 Å². The molecule has 0 spiro atoms. The molecule has 0 aliphatic heterocycles. The lowest BCUT2D eigenvalue weighted by Gasteiger charge is -2.26. The molecule has 3 aromatic rings. The first kappa shape index (κ1) is 38.4. The number of carbonyl (C=O) groups is 7. The average molecular weight is 688 g/mol. The third-order valence-electron chi connectivity index (χ3n) is 7.75. The number of hydrogen-bond acceptors (Lipinski definition) is 7. The minimum atomic E-state index is -1.78. The van der Waals surface area contributed by atoms with Gasteiger partial charge in [-0.3, -0.25) is 28.9 Å². The van der Waals surface area contributed by atoms with Crippen LogP contribution in [-0.2, 0) is 48.0 Å². The van der Waals surface area contributed by atoms with Crippen LogP contribution < -0.4 is 26.6 Å². The van der Waals surface area contributed by atoms with E-state index < -0.39 is 47.7 Å². The first-order valence-corrected chi connectivity index (χ1v) is 16.0. The third kappa shape index (κ3) is 11.0. The zero-order chi connectivity index (χ0) is 36.8. The summed E-state index contributed by atoms with van der Waals surface area (Å²) in [5, 5.41) is 27.3. The first-order chi connectivity index (χ1) is 23.8. The van der Waals surface area contributed by atoms with E-state index in [1.165, 1.54) is 37.3 Å². The Morgan fingerprint density at radius 1 is 0.780 bits per heavy atom. The third-order valence-corrected chi connectivity index (χ3v) is 7.75. The Labute approximate surface area is 289 Å². The molecule has 50 heavy (non-hydrogen) atoms. The lowest BCUT2D eigenvalue weighted by Crippen LogP contribution is -2.47. The highest BCUT2D eigenvalue weighted by Gasteiger charge is 2.30. The number of para-hydroxylation sites is 1. The Morgan fingerprint density at radius 3 is 2.06 bits per heavy atom. The molecule has 264 valence electrons. The molecule has 14 heteroatoms. The predicted octanol–water partition coefficient (Wildman–Crippen LogP) is 2.24. The summed E-state index contributed by atoms with van der Waals surface area (Å²) in [6.45, 7) is 3.25. The van der Waals surface area contributed by atoms with E-state index in [1.807, 2.05) is 30.3 Å². The molecule has 0 aliphatic rings. The zero-order valence-electron chi connectivity index (χ0n) is 27.8. The number of benzene rings is 3. The number of carbonyl (C=O) groups excluding carboxylic acids is 5. The van der Waals surface area contributed by atoms with Crippen molar-refractivity contribution in [3.8, 4) is 0 Å². The van der Waals surface area contributed by atoms with E-state index in [0.29, 0.717) is 30.4 Å². The van der Waals surface area contributed by atoms with Crippen LogP contribution in [0, 0.1) is 0 Å². The summed E-state index contributed by atoms with van der Waals surface area (Å²) in [4.78, 5) is 86.8. The Kier molecular flexibility index (Phi) is 14.2. The molecule has 0 saturated heterocycles. The molecule has 0 bridgehead atoms. The van der Waals surface area contributed by atoms with E-state index in [-0.39, 0.29) is 48.7 Å². The van der Waals surface area contributed by atoms with Gasteiger partial charge in [0.2, 0.25) is 23.6 Å². The van der Waals surface area contributed by atoms with Crippen LogP contribution in [0.15, 0.2) is 72.8 Å². The number of anilines is 2. The number of nitrogens with zero attached hydrogens (tertiary/aromatic N) is 1. The maximum atomic E-state index is 13.1. The highest BCUT2D eigenvalue weighted by atomic mass is 16.4. The number of rotatable bonds is 17. The number of aromatic carboxylic acids is 1. The Balaban J connectivity index is 1.66. The maximum absolute atomic E-state index is 13.1. The summed E-state index contributed by atoms with van der Waals surface area (Å²) in [5.41, 5.74) is 7.18. The van der Waals surface area contributed by atoms with Gasteiger partial charge in [0.05, 0.1) is 16.9 Å². The molecule has 2 unspecified atom stereocenters. The van der Waals surface area contributed by atoms with Gasteiger partial charge in [-0.1, -0.05) is 61.5 Å². The molecule has 0 aliphatic carbocycles. The van der Waals surface area contributed by atoms with Crippen LogP contribution in [0.5, 0.6) is 0 Å². The van der Waals surface area contributed by atoms with Gasteiger partial charge in [-0.15, -0.1) is 0 Å². The van der Waals surface area contributed by atoms with Crippen LogP contribution >= 0.6 is 0 Å². The number of aryl methyl sites for hydroxylation is 1. The molecular weight excluding hydrogens is 646 g/mol. The zero-order valence-corrected chi connectivity index (χ0v) is 27.8. The van der Waals surface area contributed by atoms with E-state index in [0.717, 1.165) is 10.5 Å². The average Bonchev–Trinajstić information content (AvgIpc) is 3.08. The van der Waals surface area contributed by atoms with Crippen molar-refractivity contribution < 1.29 is 43.8 Å². The molecule has 7 N–H and O–H groups in total. The van der Waals surface area contributed by atoms with E-state index in [2.05, 4.69) is 16.0 Å². The largest absolute Gasteiger partial charge is 0.478 e. The molecule has 0 aromatic heterocycles. The molecule has 14 nitrogen and oxygen atoms in total. The molecule has 2 atom stereocenters. The summed E-state index contributed by atoms with van der Waals surface area (Å²) < 4.78 is 0. The van der Waals surface area contributed by atoms with Crippen molar-refractivity contribution in [3.05, 3.63) is 95.1 Å². The minimum absolute atomic E-state index is 0.0512. The summed E-state index contributed by atoms with van der Waals surface area (Å²) in [7, 11) is 0. The van der Waals surface area contributed by atoms with Crippen LogP contribution in [0.3, 0.4) is 0 Å². The normalized spacial score (nSPS) is 11.8. The number of carboxylic acid groups (broad SMARTS) is 2. The fraction of sp³-hybridized carbons (Fsp3) is 0.306. The summed E-state index contributed by atoms with van der Waals surface area (Å²) in [5.74, 6) is -6.39. The van der Waals surface area contributed by atoms with Crippen LogP contribution in [0.1, 0.15) is 60.2 Å². The maximum Gasteiger partial charge on any atom is 0.395 e. The minimum Gasteiger partial charge on any atom is -0.478 e. The molecule has 3 aromatic carbocycles. The van der Waals surface area contributed by atoms with E-state index in [9.17, 15) is 43.8 Å². The second kappa shape index (κ2) is 18.5. The molecule has 5 amide bonds. The van der Waals surface area contributed by atoms with Gasteiger partial charge in [0.15, 0.2) is 0 Å². The van der Waals surface area contributed by atoms with Crippen molar-refractivity contribution in [2.75, 3.05) is 11.4 Å². The van der Waals surface area contributed by atoms with Gasteiger partial charge in [0.1, 0.15) is 12.1 Å². The number of primary amides is 1. The van der Waals surface area contributed by atoms with Crippen LogP contribution in [0.4, 0.5) is 11.4 Å². The fourth-order valence-corrected chi connectivity index (χ4v) is 5.34. The molecule has 0 saturated carbocycles. The van der Waals surface area contributed by atoms with E-state index >= 15 is 0 Å². The first-order valence-electron chi connectivity index (χ1n) is 16.0. The molecule has 0 heterocycles. The predicted molar refractivity (Wildman–Crippen MR) is 183 cm³/mol. The standard InChI is InChI=1S/C36H41N5O9/c1-3-25-19-24(16-17-29(25)41(34(46)36(49)50)30-14-8-7-13-26(30)35(47)48)21-28(39-22(2)42)33(45)38-18-10-9-15-31(43)40-27(32(37)44)20-23-11-5-4-6-12-23/h4-8,11-14,16-17,19,27-28H,3,9-10,15,18,20-21H2,1-2H3,(H2,37,44)(H,38,45)(H,39,42)(H,40,43)(H,47,48)(H,49,50). The summed E-state index contributed by atoms with van der Waals surface area (Å²) in [6, 6.07) is 17.6. The number of unbranched alkanes of at least 4 members (excludes halogenated alkanes) is 1. The molecule has 3 rings (SSSR count). The second-order valence-corrected chi connectivity index (χ2v) is 11.5. The Morgan fingerprint density at radius 2 is 1.44 bits per heavy atom. The van der Waals surface area contributed by atoms with Crippen molar-refractivity contribution in [2.24, 2.45) is 5.73 Å². The second-order valence-electron chi connectivity index (χ2n) is 11.5. The van der Waals surface area contributed by atoms with Crippen LogP contribution in [-0.4, -0.2) is 70.3 Å². The van der Waals surface area contributed by atoms with Gasteiger partial charge < -0.3 is 31.9 Å². The Bertz CT molecular complexity index is 1730. The van der Waals surface area contributed by atoms with Crippen molar-refractivity contribution in [2.45, 2.75) is 64.5 Å². The fourth-order valence-electron chi connectivity index (χ4n) is 5.34. The number of amides is 5. The number of carboxylic acids is 2. The van der Waals surface area contributed by atoms with Gasteiger partial charge >= 0.3 is 17.8 Å². The van der Waals surface area contributed by atoms with E-state index in [1.54, 1.807) is 19.1 Å². The SMILES string of the molecule is CCc1cc(CC(NC(C)=O)C(=O)NCCCCC(=O)NC(Cc2ccccc2)C(N)=O)ccc1N(C(=O)C(=O)O)c1ccccc1C(=O)O. The summed E-state index contributed by atoms with van der Waals surface area (Å²) >= 11 is 0. The molecule has 0 radical (unpaired) electrons. The summed E-state index contributed by atoms with van der Waals surface area (Å²) in [6.07, 6.45) is 1.59. The van der Waals surface area contributed by atoms with Gasteiger partial charge in [-0.2, -0.15) is 0 Å². The van der Waals surface area contributed by atoms with Crippen molar-refractivity contribution in [1.82, 2.24) is 16.0 Å². The number of nitrogens with one attached hydrogen (secondary N) is 3. The van der Waals surface area contributed by atoms with E-state index in [4.69, 9.17) is 5.73 Å². The topological polar surface area (TPSA) is 225 Å². The van der Waals surface area contributed by atoms with Crippen LogP contribution in [0.25, 0.3) is 0 Å². The number of aliphatic carboxylic acids is 1. The number of nitrogens with two attached hydrogens (primary N) is 1.